The first-order chi connectivity index (χ1) is 8.61. The van der Waals surface area contributed by atoms with Gasteiger partial charge in [0.25, 0.3) is 5.91 Å². The Morgan fingerprint density at radius 3 is 2.56 bits per heavy atom. The molecule has 0 atom stereocenters. The highest BCUT2D eigenvalue weighted by Gasteiger charge is 2.30. The second kappa shape index (κ2) is 4.91. The number of rotatable bonds is 2. The van der Waals surface area contributed by atoms with Gasteiger partial charge in [0.05, 0.1) is 7.11 Å². The van der Waals surface area contributed by atoms with Gasteiger partial charge < -0.3 is 9.47 Å². The summed E-state index contributed by atoms with van der Waals surface area (Å²) < 4.78 is 10.2. The molecule has 1 aromatic carbocycles. The maximum Gasteiger partial charge on any atom is 0.298 e. The van der Waals surface area contributed by atoms with E-state index >= 15 is 0 Å². The summed E-state index contributed by atoms with van der Waals surface area (Å²) in [7, 11) is 1.59. The molecule has 0 aliphatic carbocycles. The molecule has 2 rings (SSSR count). The Labute approximate surface area is 105 Å². The zero-order valence-corrected chi connectivity index (χ0v) is 10.2. The molecule has 18 heavy (non-hydrogen) atoms. The smallest absolute Gasteiger partial charge is 0.298 e. The highest BCUT2D eigenvalue weighted by atomic mass is 16.5. The van der Waals surface area contributed by atoms with Crippen LogP contribution in [0.3, 0.4) is 0 Å². The van der Waals surface area contributed by atoms with Crippen molar-refractivity contribution in [2.24, 2.45) is 0 Å². The number of nitrogens with zero attached hydrogens (tertiary/aromatic N) is 1. The van der Waals surface area contributed by atoms with Gasteiger partial charge in [0, 0.05) is 6.92 Å². The minimum Gasteiger partial charge on any atom is -0.497 e. The lowest BCUT2D eigenvalue weighted by Crippen LogP contribution is -2.29. The predicted molar refractivity (Wildman–Crippen MR) is 64.5 cm³/mol. The van der Waals surface area contributed by atoms with E-state index in [4.69, 9.17) is 9.47 Å². The fraction of sp³-hybridized carbons (Fsp3) is 0.231. The van der Waals surface area contributed by atoms with Crippen molar-refractivity contribution < 1.29 is 19.1 Å². The van der Waals surface area contributed by atoms with Crippen LogP contribution in [0.5, 0.6) is 5.75 Å². The van der Waals surface area contributed by atoms with Crippen LogP contribution in [-0.4, -0.2) is 30.6 Å². The first-order valence-electron chi connectivity index (χ1n) is 5.43. The Morgan fingerprint density at radius 2 is 2.06 bits per heavy atom. The topological polar surface area (TPSA) is 55.8 Å². The minimum absolute atomic E-state index is 0.0177. The molecule has 5 heteroatoms. The molecule has 1 aromatic rings. The minimum atomic E-state index is -0.404. The molecule has 94 valence electrons. The first-order valence-corrected chi connectivity index (χ1v) is 5.43. The van der Waals surface area contributed by atoms with Gasteiger partial charge in [0.1, 0.15) is 5.75 Å². The number of ether oxygens (including phenoxy) is 2. The van der Waals surface area contributed by atoms with Crippen molar-refractivity contribution in [1.82, 2.24) is 4.90 Å². The fourth-order valence-corrected chi connectivity index (χ4v) is 1.58. The molecule has 0 unspecified atom stereocenters. The molecule has 0 bridgehead atoms. The normalized spacial score (nSPS) is 16.9. The monoisotopic (exact) mass is 247 g/mol. The van der Waals surface area contributed by atoms with Crippen LogP contribution in [0.2, 0.25) is 0 Å². The summed E-state index contributed by atoms with van der Waals surface area (Å²) in [6.45, 7) is 1.31. The molecule has 5 nitrogen and oxygen atoms in total. The maximum atomic E-state index is 11.8. The van der Waals surface area contributed by atoms with E-state index in [0.717, 1.165) is 16.2 Å². The lowest BCUT2D eigenvalue weighted by Gasteiger charge is -2.04. The number of carbonyl (C=O) groups excluding carboxylic acids is 2. The van der Waals surface area contributed by atoms with Gasteiger partial charge in [-0.05, 0) is 23.8 Å². The zero-order valence-electron chi connectivity index (χ0n) is 10.2. The van der Waals surface area contributed by atoms with Crippen molar-refractivity contribution in [2.45, 2.75) is 6.92 Å². The molecule has 0 spiro atoms. The lowest BCUT2D eigenvalue weighted by molar-refractivity contribution is -0.139. The SMILES string of the molecule is COc1ccc(/C=C2/OCN(C(C)=O)C2=O)cc1. The fourth-order valence-electron chi connectivity index (χ4n) is 1.58. The third kappa shape index (κ3) is 2.34. The predicted octanol–water partition coefficient (Wildman–Crippen LogP) is 1.40. The van der Waals surface area contributed by atoms with Crippen LogP contribution in [0.1, 0.15) is 12.5 Å². The Balaban J connectivity index is 2.18. The van der Waals surface area contributed by atoms with Gasteiger partial charge in [-0.15, -0.1) is 0 Å². The van der Waals surface area contributed by atoms with E-state index in [-0.39, 0.29) is 18.4 Å². The summed E-state index contributed by atoms with van der Waals surface area (Å²) in [6, 6.07) is 7.18. The third-order valence-electron chi connectivity index (χ3n) is 2.60. The number of methoxy groups -OCH3 is 1. The molecule has 1 fully saturated rings. The van der Waals surface area contributed by atoms with Crippen LogP contribution in [0.4, 0.5) is 0 Å². The van der Waals surface area contributed by atoms with Gasteiger partial charge in [0.15, 0.2) is 12.5 Å². The van der Waals surface area contributed by atoms with Gasteiger partial charge in [-0.3, -0.25) is 9.59 Å². The van der Waals surface area contributed by atoms with E-state index in [1.54, 1.807) is 37.5 Å². The molecule has 0 saturated carbocycles. The molecule has 0 N–H and O–H groups in total. The van der Waals surface area contributed by atoms with Crippen molar-refractivity contribution >= 4 is 17.9 Å². The molecule has 1 aliphatic heterocycles. The van der Waals surface area contributed by atoms with Gasteiger partial charge in [0.2, 0.25) is 5.91 Å². The van der Waals surface area contributed by atoms with Crippen LogP contribution >= 0.6 is 0 Å². The van der Waals surface area contributed by atoms with Gasteiger partial charge in [-0.2, -0.15) is 0 Å². The number of amides is 2. The number of hydrogen-bond donors (Lipinski definition) is 0. The molecular weight excluding hydrogens is 234 g/mol. The Hall–Kier alpha value is -2.30. The van der Waals surface area contributed by atoms with Crippen molar-refractivity contribution in [3.63, 3.8) is 0 Å². The van der Waals surface area contributed by atoms with Crippen molar-refractivity contribution in [2.75, 3.05) is 13.8 Å². The second-order valence-corrected chi connectivity index (χ2v) is 3.81. The quantitative estimate of drug-likeness (QED) is 0.741. The number of benzene rings is 1. The van der Waals surface area contributed by atoms with Crippen molar-refractivity contribution in [3.05, 3.63) is 35.6 Å². The highest BCUT2D eigenvalue weighted by molar-refractivity contribution is 6.06. The van der Waals surface area contributed by atoms with Gasteiger partial charge in [-0.25, -0.2) is 4.90 Å². The number of hydrogen-bond acceptors (Lipinski definition) is 4. The average Bonchev–Trinajstić information content (AvgIpc) is 2.72. The van der Waals surface area contributed by atoms with Crippen LogP contribution in [0, 0.1) is 0 Å². The van der Waals surface area contributed by atoms with Crippen molar-refractivity contribution in [1.29, 1.82) is 0 Å². The molecule has 1 saturated heterocycles. The van der Waals surface area contributed by atoms with Crippen LogP contribution in [0.15, 0.2) is 30.0 Å². The number of imide groups is 1. The van der Waals surface area contributed by atoms with E-state index in [1.165, 1.54) is 6.92 Å². The Kier molecular flexibility index (Phi) is 3.32. The van der Waals surface area contributed by atoms with Crippen LogP contribution < -0.4 is 4.74 Å². The highest BCUT2D eigenvalue weighted by Crippen LogP contribution is 2.19. The molecule has 1 aliphatic rings. The summed E-state index contributed by atoms with van der Waals surface area (Å²) in [5.41, 5.74) is 0.810. The van der Waals surface area contributed by atoms with Crippen LogP contribution in [-0.2, 0) is 14.3 Å². The first kappa shape index (κ1) is 12.2. The maximum absolute atomic E-state index is 11.8. The largest absolute Gasteiger partial charge is 0.497 e. The summed E-state index contributed by atoms with van der Waals surface area (Å²) >= 11 is 0. The summed E-state index contributed by atoms with van der Waals surface area (Å²) in [6.07, 6.45) is 1.60. The standard InChI is InChI=1S/C13H13NO4/c1-9(15)14-8-18-12(13(14)16)7-10-3-5-11(17-2)6-4-10/h3-7H,8H2,1-2H3/b12-7+. The zero-order chi connectivity index (χ0) is 13.1. The van der Waals surface area contributed by atoms with Gasteiger partial charge in [-0.1, -0.05) is 12.1 Å². The summed E-state index contributed by atoms with van der Waals surface area (Å²) in [5.74, 6) is 0.188. The van der Waals surface area contributed by atoms with Crippen LogP contribution in [0.25, 0.3) is 6.08 Å². The molecule has 0 aromatic heterocycles. The number of carbonyl (C=O) groups is 2. The molecular formula is C13H13NO4. The van der Waals surface area contributed by atoms with E-state index in [2.05, 4.69) is 0 Å². The summed E-state index contributed by atoms with van der Waals surface area (Å²) in [4.78, 5) is 23.9. The summed E-state index contributed by atoms with van der Waals surface area (Å²) in [5, 5.41) is 0. The Morgan fingerprint density at radius 1 is 1.39 bits per heavy atom. The van der Waals surface area contributed by atoms with E-state index < -0.39 is 5.91 Å². The van der Waals surface area contributed by atoms with E-state index in [1.807, 2.05) is 0 Å². The third-order valence-corrected chi connectivity index (χ3v) is 2.60. The van der Waals surface area contributed by atoms with Crippen molar-refractivity contribution in [3.8, 4) is 5.75 Å². The van der Waals surface area contributed by atoms with Gasteiger partial charge >= 0.3 is 0 Å². The molecule has 1 heterocycles. The average molecular weight is 247 g/mol. The molecule has 2 amide bonds. The van der Waals surface area contributed by atoms with E-state index in [0.29, 0.717) is 0 Å². The van der Waals surface area contributed by atoms with E-state index in [9.17, 15) is 9.59 Å². The lowest BCUT2D eigenvalue weighted by atomic mass is 10.2. The Bertz CT molecular complexity index is 504. The second-order valence-electron chi connectivity index (χ2n) is 3.81. The molecule has 0 radical (unpaired) electrons.